The van der Waals surface area contributed by atoms with Crippen molar-refractivity contribution in [3.8, 4) is 0 Å². The van der Waals surface area contributed by atoms with Gasteiger partial charge >= 0.3 is 5.97 Å². The van der Waals surface area contributed by atoms with Crippen molar-refractivity contribution in [3.05, 3.63) is 60.3 Å². The topological polar surface area (TPSA) is 208 Å². The summed E-state index contributed by atoms with van der Waals surface area (Å²) in [6.45, 7) is 5.18. The lowest BCUT2D eigenvalue weighted by atomic mass is 9.87. The van der Waals surface area contributed by atoms with Gasteiger partial charge in [-0.1, -0.05) is 80.9 Å². The van der Waals surface area contributed by atoms with Gasteiger partial charge in [-0.15, -0.1) is 0 Å². The number of allylic oxidation sites excluding steroid dienone is 8. The summed E-state index contributed by atoms with van der Waals surface area (Å²) in [6.07, 6.45) is 4.69. The first-order chi connectivity index (χ1) is 21.7. The first-order valence-electron chi connectivity index (χ1n) is 16.4. The van der Waals surface area contributed by atoms with Crippen LogP contribution in [0.3, 0.4) is 0 Å². The highest BCUT2D eigenvalue weighted by atomic mass is 16.6. The van der Waals surface area contributed by atoms with Crippen LogP contribution in [-0.4, -0.2) is 113 Å². The number of carbonyl (C=O) groups excluding carboxylic acids is 1. The van der Waals surface area contributed by atoms with Gasteiger partial charge in [0.15, 0.2) is 0 Å². The van der Waals surface area contributed by atoms with E-state index in [0.29, 0.717) is 12.0 Å². The average molecular weight is 655 g/mol. The van der Waals surface area contributed by atoms with Gasteiger partial charge in [0.1, 0.15) is 18.1 Å². The Balaban J connectivity index is 3.14. The van der Waals surface area contributed by atoms with E-state index in [1.807, 2.05) is 6.92 Å². The maximum Gasteiger partial charge on any atom is 0.314 e. The minimum atomic E-state index is -1.52. The van der Waals surface area contributed by atoms with Crippen LogP contribution in [-0.2, 0) is 9.53 Å². The maximum atomic E-state index is 13.1. The zero-order valence-corrected chi connectivity index (χ0v) is 27.5. The molecule has 1 aliphatic heterocycles. The molecule has 11 nitrogen and oxygen atoms in total. The molecule has 0 aromatic carbocycles. The van der Waals surface area contributed by atoms with Gasteiger partial charge in [0, 0.05) is 12.8 Å². The van der Waals surface area contributed by atoms with Crippen LogP contribution in [0.4, 0.5) is 0 Å². The van der Waals surface area contributed by atoms with Gasteiger partial charge in [0.2, 0.25) is 0 Å². The lowest BCUT2D eigenvalue weighted by molar-refractivity contribution is -0.168. The van der Waals surface area contributed by atoms with E-state index >= 15 is 0 Å². The predicted molar refractivity (Wildman–Crippen MR) is 175 cm³/mol. The van der Waals surface area contributed by atoms with E-state index in [2.05, 4.69) is 0 Å². The number of unbranched alkanes of at least 4 members (excludes halogenated alkanes) is 2. The molecule has 0 spiro atoms. The second-order valence-electron chi connectivity index (χ2n) is 12.4. The lowest BCUT2D eigenvalue weighted by Gasteiger charge is -2.29. The Kier molecular flexibility index (Phi) is 21.1. The highest BCUT2D eigenvalue weighted by Crippen LogP contribution is 2.24. The quantitative estimate of drug-likeness (QED) is 0.154. The third kappa shape index (κ3) is 17.7. The number of hydrogen-bond donors (Lipinski definition) is 9. The van der Waals surface area contributed by atoms with Crippen molar-refractivity contribution in [1.82, 2.24) is 0 Å². The minimum Gasteiger partial charge on any atom is -0.459 e. The molecule has 0 aromatic rings. The predicted octanol–water partition coefficient (Wildman–Crippen LogP) is 1.89. The molecule has 1 rings (SSSR count). The standard InChI is InChI=1S/C35H58O11/c1-4-5-11-16-31(42)34-33(44)22-29(40)20-27(38)18-25(36)17-26(37)19-28(39)21-32(43)23(2)14-12-9-7-6-8-10-13-15-30(41)24(3)46-35(34)45/h6-10,12-15,24-34,36-44H,4-5,11,16-22H2,1-3H3/b7-6-,10-8-,12-9-,15-13-,23-14+/t24-,25+,26-,27+,28-,29+,30-,31-,32-,33+,34+/m0/s1. The van der Waals surface area contributed by atoms with Crippen molar-refractivity contribution in [1.29, 1.82) is 0 Å². The molecule has 11 atom stereocenters. The average Bonchev–Trinajstić information content (AvgIpc) is 2.94. The van der Waals surface area contributed by atoms with Crippen LogP contribution in [0.5, 0.6) is 0 Å². The summed E-state index contributed by atoms with van der Waals surface area (Å²) in [5.41, 5.74) is 0.609. The van der Waals surface area contributed by atoms with Crippen LogP contribution < -0.4 is 0 Å². The Morgan fingerprint density at radius 2 is 1.20 bits per heavy atom. The molecule has 0 amide bonds. The van der Waals surface area contributed by atoms with E-state index in [-0.39, 0.29) is 44.9 Å². The molecule has 0 unspecified atom stereocenters. The molecule has 0 radical (unpaired) electrons. The Hall–Kier alpha value is -2.19. The Morgan fingerprint density at radius 3 is 1.74 bits per heavy atom. The van der Waals surface area contributed by atoms with Gasteiger partial charge in [0.05, 0.1) is 48.8 Å². The molecule has 9 N–H and O–H groups in total. The molecule has 0 saturated heterocycles. The molecule has 0 saturated carbocycles. The van der Waals surface area contributed by atoms with Crippen LogP contribution in [0.2, 0.25) is 0 Å². The van der Waals surface area contributed by atoms with Crippen LogP contribution >= 0.6 is 0 Å². The van der Waals surface area contributed by atoms with Crippen LogP contribution in [0.15, 0.2) is 60.3 Å². The minimum absolute atomic E-state index is 0.0162. The molecule has 0 aromatic heterocycles. The van der Waals surface area contributed by atoms with Crippen molar-refractivity contribution < 1.29 is 55.5 Å². The molecule has 11 heteroatoms. The van der Waals surface area contributed by atoms with Gasteiger partial charge < -0.3 is 50.7 Å². The summed E-state index contributed by atoms with van der Waals surface area (Å²) >= 11 is 0. The van der Waals surface area contributed by atoms with Gasteiger partial charge in [-0.25, -0.2) is 0 Å². The Bertz CT molecular complexity index is 991. The summed E-state index contributed by atoms with van der Waals surface area (Å²) in [7, 11) is 0. The third-order valence-electron chi connectivity index (χ3n) is 8.03. The molecule has 1 aliphatic rings. The van der Waals surface area contributed by atoms with E-state index in [4.69, 9.17) is 4.74 Å². The summed E-state index contributed by atoms with van der Waals surface area (Å²) in [4.78, 5) is 13.1. The Labute approximate surface area is 273 Å². The fourth-order valence-corrected chi connectivity index (χ4v) is 5.27. The van der Waals surface area contributed by atoms with Crippen molar-refractivity contribution in [2.24, 2.45) is 5.92 Å². The maximum absolute atomic E-state index is 13.1. The molecular formula is C35H58O11. The van der Waals surface area contributed by atoms with Gasteiger partial charge in [-0.2, -0.15) is 0 Å². The van der Waals surface area contributed by atoms with Crippen molar-refractivity contribution in [3.63, 3.8) is 0 Å². The van der Waals surface area contributed by atoms with Gasteiger partial charge in [-0.3, -0.25) is 4.79 Å². The zero-order chi connectivity index (χ0) is 34.6. The van der Waals surface area contributed by atoms with E-state index in [9.17, 15) is 50.8 Å². The first kappa shape index (κ1) is 41.8. The SMILES string of the molecule is CCCCC[C@H](O)[C@H]1C(=O)O[C@@H](C)[C@@H](O)\C=C/C=C\C=C/C=C\C=C(/C)[C@@H](O)C[C@@H](O)C[C@@H](O)C[C@@H](O)C[C@@H](O)C[C@@H](O)C[C@H]1O. The molecule has 0 fully saturated rings. The monoisotopic (exact) mass is 654 g/mol. The van der Waals surface area contributed by atoms with Gasteiger partial charge in [-0.05, 0) is 51.5 Å². The second kappa shape index (κ2) is 23.2. The van der Waals surface area contributed by atoms with Gasteiger partial charge in [0.25, 0.3) is 0 Å². The number of ether oxygens (including phenoxy) is 1. The molecule has 0 bridgehead atoms. The van der Waals surface area contributed by atoms with Crippen molar-refractivity contribution in [2.75, 3.05) is 0 Å². The molecule has 0 aliphatic carbocycles. The third-order valence-corrected chi connectivity index (χ3v) is 8.03. The molecular weight excluding hydrogens is 596 g/mol. The van der Waals surface area contributed by atoms with E-state index < -0.39 is 72.9 Å². The van der Waals surface area contributed by atoms with Crippen LogP contribution in [0, 0.1) is 5.92 Å². The number of rotatable bonds is 5. The van der Waals surface area contributed by atoms with Crippen molar-refractivity contribution >= 4 is 5.97 Å². The summed E-state index contributed by atoms with van der Waals surface area (Å²) < 4.78 is 5.42. The second-order valence-corrected chi connectivity index (χ2v) is 12.4. The fourth-order valence-electron chi connectivity index (χ4n) is 5.27. The lowest BCUT2D eigenvalue weighted by Crippen LogP contribution is -2.43. The number of carbonyl (C=O) groups is 1. The number of esters is 1. The number of cyclic esters (lactones) is 1. The number of aliphatic hydroxyl groups excluding tert-OH is 9. The number of aliphatic hydroxyl groups is 9. The van der Waals surface area contributed by atoms with E-state index in [1.165, 1.54) is 13.0 Å². The van der Waals surface area contributed by atoms with Crippen LogP contribution in [0.25, 0.3) is 0 Å². The highest BCUT2D eigenvalue weighted by molar-refractivity contribution is 5.74. The summed E-state index contributed by atoms with van der Waals surface area (Å²) in [5, 5.41) is 94.8. The van der Waals surface area contributed by atoms with Crippen molar-refractivity contribution in [2.45, 2.75) is 146 Å². The molecule has 1 heterocycles. The summed E-state index contributed by atoms with van der Waals surface area (Å²) in [6, 6.07) is 0. The van der Waals surface area contributed by atoms with E-state index in [1.54, 1.807) is 55.5 Å². The highest BCUT2D eigenvalue weighted by Gasteiger charge is 2.37. The number of hydrogen-bond acceptors (Lipinski definition) is 11. The normalized spacial score (nSPS) is 38.6. The first-order valence-corrected chi connectivity index (χ1v) is 16.4. The molecule has 46 heavy (non-hydrogen) atoms. The Morgan fingerprint density at radius 1 is 0.717 bits per heavy atom. The largest absolute Gasteiger partial charge is 0.459 e. The fraction of sp³-hybridized carbons (Fsp3) is 0.686. The zero-order valence-electron chi connectivity index (χ0n) is 27.5. The van der Waals surface area contributed by atoms with E-state index in [0.717, 1.165) is 12.8 Å². The molecule has 264 valence electrons. The summed E-state index contributed by atoms with van der Waals surface area (Å²) in [5.74, 6) is -2.33. The smallest absolute Gasteiger partial charge is 0.314 e. The van der Waals surface area contributed by atoms with Crippen LogP contribution in [0.1, 0.15) is 85.0 Å².